The maximum Gasteiger partial charge on any atom is 0.274 e. The predicted molar refractivity (Wildman–Crippen MR) is 108 cm³/mol. The SMILES string of the molecule is Cc1ccc(C(=O)Nc2ccc(F)c(C34COC(C)C3C(=O)N(C)C(N)=N4)c2)nc1. The number of nitrogens with one attached hydrogen (secondary N) is 1. The summed E-state index contributed by atoms with van der Waals surface area (Å²) < 4.78 is 20.7. The molecule has 3 unspecified atom stereocenters. The number of nitrogens with two attached hydrogens (primary N) is 1. The van der Waals surface area contributed by atoms with E-state index in [0.717, 1.165) is 5.56 Å². The third-order valence-electron chi connectivity index (χ3n) is 5.64. The van der Waals surface area contributed by atoms with E-state index in [1.54, 1.807) is 25.3 Å². The summed E-state index contributed by atoms with van der Waals surface area (Å²) in [5, 5.41) is 2.72. The van der Waals surface area contributed by atoms with Crippen LogP contribution in [0.25, 0.3) is 0 Å². The average Bonchev–Trinajstić information content (AvgIpc) is 3.05. The van der Waals surface area contributed by atoms with Crippen molar-refractivity contribution < 1.29 is 18.7 Å². The Bertz CT molecular complexity index is 1060. The quantitative estimate of drug-likeness (QED) is 0.800. The monoisotopic (exact) mass is 411 g/mol. The van der Waals surface area contributed by atoms with E-state index in [0.29, 0.717) is 5.69 Å². The molecule has 0 aliphatic carbocycles. The number of carbonyl (C=O) groups excluding carboxylic acids is 2. The molecule has 8 nitrogen and oxygen atoms in total. The topological polar surface area (TPSA) is 110 Å². The lowest BCUT2D eigenvalue weighted by Crippen LogP contribution is -2.55. The third-order valence-corrected chi connectivity index (χ3v) is 5.64. The zero-order valence-corrected chi connectivity index (χ0v) is 16.8. The number of benzene rings is 1. The van der Waals surface area contributed by atoms with Gasteiger partial charge in [-0.15, -0.1) is 0 Å². The van der Waals surface area contributed by atoms with Crippen LogP contribution in [-0.4, -0.2) is 47.4 Å². The zero-order chi connectivity index (χ0) is 21.6. The molecule has 3 N–H and O–H groups in total. The Balaban J connectivity index is 1.73. The summed E-state index contributed by atoms with van der Waals surface area (Å²) in [6.45, 7) is 3.63. The van der Waals surface area contributed by atoms with Crippen LogP contribution in [0.4, 0.5) is 10.1 Å². The molecule has 1 aromatic heterocycles. The van der Waals surface area contributed by atoms with E-state index in [2.05, 4.69) is 15.3 Å². The molecule has 1 fully saturated rings. The molecule has 9 heteroatoms. The Morgan fingerprint density at radius 2 is 2.13 bits per heavy atom. The molecule has 156 valence electrons. The van der Waals surface area contributed by atoms with Crippen LogP contribution in [0.15, 0.2) is 41.5 Å². The Kier molecular flexibility index (Phi) is 4.77. The number of ether oxygens (including phenoxy) is 1. The second-order valence-electron chi connectivity index (χ2n) is 7.65. The van der Waals surface area contributed by atoms with Gasteiger partial charge < -0.3 is 15.8 Å². The number of guanidine groups is 1. The van der Waals surface area contributed by atoms with E-state index in [1.165, 1.54) is 30.1 Å². The first kappa shape index (κ1) is 20.0. The van der Waals surface area contributed by atoms with Crippen LogP contribution < -0.4 is 11.1 Å². The second kappa shape index (κ2) is 7.17. The maximum atomic E-state index is 15.0. The van der Waals surface area contributed by atoms with Gasteiger partial charge in [0.15, 0.2) is 5.96 Å². The highest BCUT2D eigenvalue weighted by Crippen LogP contribution is 2.47. The lowest BCUT2D eigenvalue weighted by atomic mass is 9.76. The lowest BCUT2D eigenvalue weighted by molar-refractivity contribution is -0.134. The molecule has 2 aliphatic rings. The molecule has 3 atom stereocenters. The van der Waals surface area contributed by atoms with Gasteiger partial charge in [0, 0.05) is 24.5 Å². The van der Waals surface area contributed by atoms with Crippen LogP contribution in [0.1, 0.15) is 28.5 Å². The molecule has 1 saturated heterocycles. The highest BCUT2D eigenvalue weighted by molar-refractivity contribution is 6.03. The van der Waals surface area contributed by atoms with Gasteiger partial charge in [-0.2, -0.15) is 0 Å². The Morgan fingerprint density at radius 3 is 2.83 bits per heavy atom. The molecule has 1 aromatic carbocycles. The molecule has 2 aliphatic heterocycles. The van der Waals surface area contributed by atoms with Crippen LogP contribution in [0.2, 0.25) is 0 Å². The fourth-order valence-electron chi connectivity index (χ4n) is 3.98. The average molecular weight is 411 g/mol. The third kappa shape index (κ3) is 3.11. The minimum atomic E-state index is -1.29. The summed E-state index contributed by atoms with van der Waals surface area (Å²) in [5.41, 5.74) is 6.32. The van der Waals surface area contributed by atoms with Gasteiger partial charge in [-0.25, -0.2) is 9.38 Å². The lowest BCUT2D eigenvalue weighted by Gasteiger charge is -2.38. The summed E-state index contributed by atoms with van der Waals surface area (Å²) in [6, 6.07) is 7.54. The van der Waals surface area contributed by atoms with Gasteiger partial charge in [-0.3, -0.25) is 19.5 Å². The number of halogens is 1. The summed E-state index contributed by atoms with van der Waals surface area (Å²) in [4.78, 5) is 35.2. The van der Waals surface area contributed by atoms with E-state index < -0.39 is 29.3 Å². The molecule has 2 aromatic rings. The van der Waals surface area contributed by atoms with Crippen molar-refractivity contribution in [1.29, 1.82) is 0 Å². The van der Waals surface area contributed by atoms with Crippen molar-refractivity contribution in [1.82, 2.24) is 9.88 Å². The van der Waals surface area contributed by atoms with Crippen LogP contribution in [0.3, 0.4) is 0 Å². The first-order valence-electron chi connectivity index (χ1n) is 9.51. The number of carbonyl (C=O) groups is 2. The molecule has 3 heterocycles. The van der Waals surface area contributed by atoms with Gasteiger partial charge in [0.1, 0.15) is 17.1 Å². The number of pyridine rings is 1. The Labute approximate surface area is 172 Å². The minimum Gasteiger partial charge on any atom is -0.375 e. The van der Waals surface area contributed by atoms with E-state index in [9.17, 15) is 14.0 Å². The number of aliphatic imine (C=N–C) groups is 1. The van der Waals surface area contributed by atoms with Crippen molar-refractivity contribution in [2.24, 2.45) is 16.6 Å². The Hall–Kier alpha value is -3.33. The first-order valence-corrected chi connectivity index (χ1v) is 9.51. The first-order chi connectivity index (χ1) is 14.2. The number of nitrogens with zero attached hydrogens (tertiary/aromatic N) is 3. The Morgan fingerprint density at radius 1 is 1.37 bits per heavy atom. The van der Waals surface area contributed by atoms with Crippen molar-refractivity contribution in [3.05, 3.63) is 59.2 Å². The van der Waals surface area contributed by atoms with Crippen LogP contribution in [-0.2, 0) is 15.1 Å². The molecule has 4 rings (SSSR count). The molecular formula is C21H22FN5O3. The van der Waals surface area contributed by atoms with Crippen molar-refractivity contribution >= 4 is 23.5 Å². The second-order valence-corrected chi connectivity index (χ2v) is 7.65. The number of rotatable bonds is 3. The van der Waals surface area contributed by atoms with Crippen molar-refractivity contribution in [3.8, 4) is 0 Å². The summed E-state index contributed by atoms with van der Waals surface area (Å²) >= 11 is 0. The van der Waals surface area contributed by atoms with Gasteiger partial charge >= 0.3 is 0 Å². The van der Waals surface area contributed by atoms with E-state index in [-0.39, 0.29) is 29.7 Å². The van der Waals surface area contributed by atoms with Gasteiger partial charge in [-0.1, -0.05) is 6.07 Å². The van der Waals surface area contributed by atoms with Gasteiger partial charge in [0.25, 0.3) is 5.91 Å². The zero-order valence-electron chi connectivity index (χ0n) is 16.8. The van der Waals surface area contributed by atoms with Crippen LogP contribution >= 0.6 is 0 Å². The number of aryl methyl sites for hydroxylation is 1. The fraction of sp³-hybridized carbons (Fsp3) is 0.333. The van der Waals surface area contributed by atoms with Gasteiger partial charge in [0.2, 0.25) is 5.91 Å². The van der Waals surface area contributed by atoms with Crippen molar-refractivity contribution in [2.45, 2.75) is 25.5 Å². The van der Waals surface area contributed by atoms with Gasteiger partial charge in [-0.05, 0) is 43.7 Å². The predicted octanol–water partition coefficient (Wildman–Crippen LogP) is 1.80. The summed E-state index contributed by atoms with van der Waals surface area (Å²) in [7, 11) is 1.53. The van der Waals surface area contributed by atoms with E-state index >= 15 is 0 Å². The standard InChI is InChI=1S/C21H22FN5O3/c1-11-4-7-16(24-9-11)18(28)25-13-5-6-15(22)14(8-13)21-10-30-12(2)17(21)19(29)27(3)20(23)26-21/h4-9,12,17H,10H2,1-3H3,(H2,23,26)(H,25,28). The van der Waals surface area contributed by atoms with Crippen molar-refractivity contribution in [3.63, 3.8) is 0 Å². The number of aromatic nitrogens is 1. The number of anilines is 1. The largest absolute Gasteiger partial charge is 0.375 e. The summed E-state index contributed by atoms with van der Waals surface area (Å²) in [5.74, 6) is -2.01. The molecule has 0 bridgehead atoms. The number of amides is 2. The minimum absolute atomic E-state index is 0.00690. The number of fused-ring (bicyclic) bond motifs is 1. The smallest absolute Gasteiger partial charge is 0.274 e. The molecule has 0 spiro atoms. The van der Waals surface area contributed by atoms with E-state index in [1.807, 2.05) is 6.92 Å². The molecular weight excluding hydrogens is 389 g/mol. The fourth-order valence-corrected chi connectivity index (χ4v) is 3.98. The van der Waals surface area contributed by atoms with Crippen molar-refractivity contribution in [2.75, 3.05) is 19.0 Å². The normalized spacial score (nSPS) is 25.7. The molecule has 2 amide bonds. The van der Waals surface area contributed by atoms with E-state index in [4.69, 9.17) is 10.5 Å². The maximum absolute atomic E-state index is 15.0. The molecule has 30 heavy (non-hydrogen) atoms. The van der Waals surface area contributed by atoms with Crippen LogP contribution in [0, 0.1) is 18.7 Å². The highest BCUT2D eigenvalue weighted by atomic mass is 19.1. The molecule has 0 saturated carbocycles. The van der Waals surface area contributed by atoms with Gasteiger partial charge in [0.05, 0.1) is 18.6 Å². The number of hydrogen-bond donors (Lipinski definition) is 2. The molecule has 0 radical (unpaired) electrons. The highest BCUT2D eigenvalue weighted by Gasteiger charge is 2.58. The summed E-state index contributed by atoms with van der Waals surface area (Å²) in [6.07, 6.45) is 1.12. The number of hydrogen-bond acceptors (Lipinski definition) is 6. The van der Waals surface area contributed by atoms with Crippen LogP contribution in [0.5, 0.6) is 0 Å².